The van der Waals surface area contributed by atoms with Gasteiger partial charge in [0.2, 0.25) is 0 Å². The Labute approximate surface area is 81.2 Å². The van der Waals surface area contributed by atoms with E-state index in [2.05, 4.69) is 10.1 Å². The highest BCUT2D eigenvalue weighted by Crippen LogP contribution is 2.19. The molecule has 0 aliphatic heterocycles. The number of hydrogen-bond donors (Lipinski definition) is 2. The van der Waals surface area contributed by atoms with Crippen LogP contribution in [0.3, 0.4) is 0 Å². The van der Waals surface area contributed by atoms with E-state index in [1.807, 2.05) is 12.1 Å². The molecule has 2 heterocycles. The summed E-state index contributed by atoms with van der Waals surface area (Å²) in [7, 11) is 0. The molecule has 0 aliphatic carbocycles. The van der Waals surface area contributed by atoms with Crippen molar-refractivity contribution in [1.29, 1.82) is 0 Å². The minimum Gasteiger partial charge on any atom is -0.388 e. The van der Waals surface area contributed by atoms with Crippen LogP contribution in [0.25, 0.3) is 5.65 Å². The van der Waals surface area contributed by atoms with Crippen LogP contribution in [-0.4, -0.2) is 26.2 Å². The zero-order valence-corrected chi connectivity index (χ0v) is 7.67. The van der Waals surface area contributed by atoms with E-state index < -0.39 is 6.10 Å². The van der Waals surface area contributed by atoms with Gasteiger partial charge in [-0.15, -0.1) is 0 Å². The Hall–Kier alpha value is -1.46. The van der Waals surface area contributed by atoms with Crippen LogP contribution in [0.2, 0.25) is 0 Å². The van der Waals surface area contributed by atoms with Gasteiger partial charge in [0.25, 0.3) is 0 Å². The van der Waals surface area contributed by atoms with Gasteiger partial charge < -0.3 is 10.8 Å². The fourth-order valence-electron chi connectivity index (χ4n) is 1.44. The van der Waals surface area contributed by atoms with E-state index in [4.69, 9.17) is 5.73 Å². The van der Waals surface area contributed by atoms with Crippen LogP contribution in [0.5, 0.6) is 0 Å². The van der Waals surface area contributed by atoms with E-state index in [0.29, 0.717) is 18.6 Å². The van der Waals surface area contributed by atoms with Crippen LogP contribution < -0.4 is 5.73 Å². The average Bonchev–Trinajstić information content (AvgIpc) is 2.65. The number of nitrogens with zero attached hydrogens (tertiary/aromatic N) is 3. The van der Waals surface area contributed by atoms with Crippen LogP contribution in [0, 0.1) is 0 Å². The summed E-state index contributed by atoms with van der Waals surface area (Å²) in [4.78, 5) is 4.07. The molecule has 0 spiro atoms. The van der Waals surface area contributed by atoms with Gasteiger partial charge in [0, 0.05) is 11.8 Å². The zero-order chi connectivity index (χ0) is 9.97. The maximum Gasteiger partial charge on any atom is 0.161 e. The highest BCUT2D eigenvalue weighted by Gasteiger charge is 2.11. The fourth-order valence-corrected chi connectivity index (χ4v) is 1.44. The van der Waals surface area contributed by atoms with Crippen molar-refractivity contribution in [1.82, 2.24) is 14.6 Å². The first-order valence-corrected chi connectivity index (χ1v) is 4.49. The van der Waals surface area contributed by atoms with Gasteiger partial charge in [-0.25, -0.2) is 9.50 Å². The number of hydrogen-bond acceptors (Lipinski definition) is 4. The van der Waals surface area contributed by atoms with E-state index in [1.165, 1.54) is 6.33 Å². The van der Waals surface area contributed by atoms with Gasteiger partial charge in [0.05, 0.1) is 6.10 Å². The van der Waals surface area contributed by atoms with E-state index >= 15 is 0 Å². The van der Waals surface area contributed by atoms with E-state index in [0.717, 1.165) is 5.56 Å². The molecule has 5 nitrogen and oxygen atoms in total. The summed E-state index contributed by atoms with van der Waals surface area (Å²) in [5, 5.41) is 13.8. The molecule has 14 heavy (non-hydrogen) atoms. The summed E-state index contributed by atoms with van der Waals surface area (Å²) >= 11 is 0. The number of aliphatic hydroxyl groups excluding tert-OH is 1. The summed E-state index contributed by atoms with van der Waals surface area (Å²) < 4.78 is 1.63. The molecule has 0 fully saturated rings. The summed E-state index contributed by atoms with van der Waals surface area (Å²) in [6.45, 7) is 0.455. The predicted molar refractivity (Wildman–Crippen MR) is 51.6 cm³/mol. The monoisotopic (exact) mass is 192 g/mol. The second kappa shape index (κ2) is 3.73. The minimum absolute atomic E-state index is 0.455. The van der Waals surface area contributed by atoms with Crippen molar-refractivity contribution >= 4 is 5.65 Å². The topological polar surface area (TPSA) is 76.4 Å². The lowest BCUT2D eigenvalue weighted by atomic mass is 10.1. The Morgan fingerprint density at radius 2 is 2.43 bits per heavy atom. The van der Waals surface area contributed by atoms with Crippen LogP contribution in [0.4, 0.5) is 0 Å². The molecule has 0 saturated carbocycles. The first-order chi connectivity index (χ1) is 6.83. The summed E-state index contributed by atoms with van der Waals surface area (Å²) in [5.74, 6) is 0. The van der Waals surface area contributed by atoms with Crippen LogP contribution in [-0.2, 0) is 0 Å². The molecule has 1 atom stereocenters. The average molecular weight is 192 g/mol. The SMILES string of the molecule is NCCC(O)c1cccn2ncnc12. The Morgan fingerprint density at radius 1 is 1.57 bits per heavy atom. The van der Waals surface area contributed by atoms with Crippen LogP contribution in [0.1, 0.15) is 18.1 Å². The molecule has 0 bridgehead atoms. The molecule has 74 valence electrons. The van der Waals surface area contributed by atoms with Crippen molar-refractivity contribution in [3.8, 4) is 0 Å². The number of aromatic nitrogens is 3. The minimum atomic E-state index is -0.562. The van der Waals surface area contributed by atoms with Gasteiger partial charge in [0.15, 0.2) is 5.65 Å². The Kier molecular flexibility index (Phi) is 2.43. The molecule has 0 amide bonds. The second-order valence-electron chi connectivity index (χ2n) is 3.08. The summed E-state index contributed by atoms with van der Waals surface area (Å²) in [6, 6.07) is 3.67. The van der Waals surface area contributed by atoms with Crippen molar-refractivity contribution in [3.05, 3.63) is 30.2 Å². The number of aliphatic hydroxyl groups is 1. The first kappa shape index (κ1) is 9.11. The van der Waals surface area contributed by atoms with Crippen LogP contribution in [0.15, 0.2) is 24.7 Å². The maximum absolute atomic E-state index is 9.78. The predicted octanol–water partition coefficient (Wildman–Crippen LogP) is 0.112. The normalized spacial score (nSPS) is 13.3. The fraction of sp³-hybridized carbons (Fsp3) is 0.333. The molecule has 0 radical (unpaired) electrons. The number of rotatable bonds is 3. The largest absolute Gasteiger partial charge is 0.388 e. The third-order valence-electron chi connectivity index (χ3n) is 2.13. The van der Waals surface area contributed by atoms with Gasteiger partial charge >= 0.3 is 0 Å². The molecule has 0 aliphatic rings. The molecule has 0 saturated heterocycles. The third kappa shape index (κ3) is 1.47. The molecule has 1 unspecified atom stereocenters. The van der Waals surface area contributed by atoms with Crippen molar-refractivity contribution in [2.24, 2.45) is 5.73 Å². The van der Waals surface area contributed by atoms with Gasteiger partial charge in [-0.1, -0.05) is 6.07 Å². The molecule has 2 aromatic rings. The summed E-state index contributed by atoms with van der Waals surface area (Å²) in [6.07, 6.45) is 3.23. The standard InChI is InChI=1S/C9H12N4O/c10-4-3-8(14)7-2-1-5-13-9(7)11-6-12-13/h1-2,5-6,8,14H,3-4,10H2. The Balaban J connectivity index is 2.45. The van der Waals surface area contributed by atoms with E-state index in [-0.39, 0.29) is 0 Å². The molecule has 0 aromatic carbocycles. The van der Waals surface area contributed by atoms with Crippen LogP contribution >= 0.6 is 0 Å². The second-order valence-corrected chi connectivity index (χ2v) is 3.08. The third-order valence-corrected chi connectivity index (χ3v) is 2.13. The van der Waals surface area contributed by atoms with Gasteiger partial charge in [-0.2, -0.15) is 5.10 Å². The lowest BCUT2D eigenvalue weighted by Crippen LogP contribution is -2.08. The van der Waals surface area contributed by atoms with Crippen molar-refractivity contribution in [2.45, 2.75) is 12.5 Å². The lowest BCUT2D eigenvalue weighted by molar-refractivity contribution is 0.171. The van der Waals surface area contributed by atoms with Crippen molar-refractivity contribution in [3.63, 3.8) is 0 Å². The number of pyridine rings is 1. The molecule has 2 rings (SSSR count). The van der Waals surface area contributed by atoms with Crippen molar-refractivity contribution in [2.75, 3.05) is 6.54 Å². The first-order valence-electron chi connectivity index (χ1n) is 4.49. The molecular weight excluding hydrogens is 180 g/mol. The molecule has 2 aromatic heterocycles. The molecular formula is C9H12N4O. The summed E-state index contributed by atoms with van der Waals surface area (Å²) in [5.41, 5.74) is 6.85. The highest BCUT2D eigenvalue weighted by molar-refractivity contribution is 5.47. The Bertz CT molecular complexity index is 425. The Morgan fingerprint density at radius 3 is 3.21 bits per heavy atom. The number of nitrogens with two attached hydrogens (primary N) is 1. The lowest BCUT2D eigenvalue weighted by Gasteiger charge is -2.09. The zero-order valence-electron chi connectivity index (χ0n) is 7.67. The quantitative estimate of drug-likeness (QED) is 0.723. The van der Waals surface area contributed by atoms with E-state index in [9.17, 15) is 5.11 Å². The molecule has 5 heteroatoms. The maximum atomic E-state index is 9.78. The van der Waals surface area contributed by atoms with Gasteiger partial charge in [-0.3, -0.25) is 0 Å². The van der Waals surface area contributed by atoms with Crippen molar-refractivity contribution < 1.29 is 5.11 Å². The van der Waals surface area contributed by atoms with Gasteiger partial charge in [0.1, 0.15) is 6.33 Å². The van der Waals surface area contributed by atoms with Gasteiger partial charge in [-0.05, 0) is 19.0 Å². The number of fused-ring (bicyclic) bond motifs is 1. The molecule has 3 N–H and O–H groups in total. The van der Waals surface area contributed by atoms with E-state index in [1.54, 1.807) is 10.7 Å². The highest BCUT2D eigenvalue weighted by atomic mass is 16.3. The smallest absolute Gasteiger partial charge is 0.161 e.